The van der Waals surface area contributed by atoms with Gasteiger partial charge in [0.1, 0.15) is 5.60 Å². The van der Waals surface area contributed by atoms with E-state index in [4.69, 9.17) is 20.4 Å². The molecule has 21 heavy (non-hydrogen) atoms. The van der Waals surface area contributed by atoms with Crippen LogP contribution in [0.5, 0.6) is 0 Å². The monoisotopic (exact) mass is 296 g/mol. The smallest absolute Gasteiger partial charge is 0.408 e. The second kappa shape index (κ2) is 8.97. The summed E-state index contributed by atoms with van der Waals surface area (Å²) in [6.07, 6.45) is -0.447. The number of carbonyl (C=O) groups is 2. The molecule has 6 heteroatoms. The van der Waals surface area contributed by atoms with Crippen LogP contribution in [0.1, 0.15) is 39.3 Å². The van der Waals surface area contributed by atoms with Crippen LogP contribution < -0.4 is 11.1 Å². The highest BCUT2D eigenvalue weighted by Crippen LogP contribution is 2.13. The molecule has 0 aliphatic rings. The van der Waals surface area contributed by atoms with E-state index in [1.165, 1.54) is 0 Å². The molecule has 1 amide bonds. The number of aliphatic carboxylic acids is 1. The Morgan fingerprint density at radius 1 is 1.29 bits per heavy atom. The number of benzene rings is 1. The zero-order chi connectivity index (χ0) is 16.5. The summed E-state index contributed by atoms with van der Waals surface area (Å²) < 4.78 is 5.19. The van der Waals surface area contributed by atoms with Crippen LogP contribution in [0.4, 0.5) is 4.79 Å². The van der Waals surface area contributed by atoms with Crippen molar-refractivity contribution >= 4 is 12.1 Å². The summed E-state index contributed by atoms with van der Waals surface area (Å²) in [5.74, 6) is -0.833. The van der Waals surface area contributed by atoms with Gasteiger partial charge in [-0.2, -0.15) is 0 Å². The lowest BCUT2D eigenvalue weighted by Gasteiger charge is -2.23. The largest absolute Gasteiger partial charge is 0.481 e. The van der Waals surface area contributed by atoms with Gasteiger partial charge in [0.05, 0.1) is 6.04 Å². The molecule has 0 unspecified atom stereocenters. The van der Waals surface area contributed by atoms with Gasteiger partial charge in [0.25, 0.3) is 5.97 Å². The number of ether oxygens (including phenoxy) is 1. The summed E-state index contributed by atoms with van der Waals surface area (Å²) in [6, 6.07) is 9.38. The maximum Gasteiger partial charge on any atom is 0.408 e. The minimum absolute atomic E-state index is 0.217. The first-order chi connectivity index (χ1) is 9.65. The predicted molar refractivity (Wildman–Crippen MR) is 80.9 cm³/mol. The summed E-state index contributed by atoms with van der Waals surface area (Å²) in [6.45, 7) is 6.90. The highest BCUT2D eigenvalue weighted by molar-refractivity contribution is 5.68. The lowest BCUT2D eigenvalue weighted by atomic mass is 10.1. The topological polar surface area (TPSA) is 102 Å². The number of carboxylic acid groups (broad SMARTS) is 1. The van der Waals surface area contributed by atoms with Crippen LogP contribution in [0.25, 0.3) is 0 Å². The number of nitrogens with one attached hydrogen (secondary N) is 1. The molecule has 0 radical (unpaired) electrons. The number of carbonyl (C=O) groups excluding carboxylic acids is 1. The molecule has 118 valence electrons. The molecule has 4 N–H and O–H groups in total. The Balaban J connectivity index is 0.000000885. The van der Waals surface area contributed by atoms with Gasteiger partial charge in [-0.1, -0.05) is 30.3 Å². The first-order valence-corrected chi connectivity index (χ1v) is 6.59. The molecule has 1 aromatic carbocycles. The minimum Gasteiger partial charge on any atom is -0.481 e. The SMILES string of the molecule is CC(=O)O.CC(C)(C)OC(=O)N[C@H](CN)c1ccccc1. The van der Waals surface area contributed by atoms with E-state index in [0.29, 0.717) is 6.54 Å². The number of nitrogens with two attached hydrogens (primary N) is 1. The van der Waals surface area contributed by atoms with E-state index in [1.54, 1.807) is 0 Å². The van der Waals surface area contributed by atoms with Crippen LogP contribution >= 0.6 is 0 Å². The van der Waals surface area contributed by atoms with Gasteiger partial charge in [-0.25, -0.2) is 4.79 Å². The normalized spacial score (nSPS) is 11.7. The zero-order valence-electron chi connectivity index (χ0n) is 12.9. The Hall–Kier alpha value is -2.08. The fraction of sp³-hybridized carbons (Fsp3) is 0.467. The molecule has 0 saturated carbocycles. The standard InChI is InChI=1S/C13H20N2O2.C2H4O2/c1-13(2,3)17-12(16)15-11(9-14)10-7-5-4-6-8-10;1-2(3)4/h4-8,11H,9,14H2,1-3H3,(H,15,16);1H3,(H,3,4)/t11-;/m1./s1. The molecule has 1 rings (SSSR count). The number of amides is 1. The molecule has 0 spiro atoms. The fourth-order valence-electron chi connectivity index (χ4n) is 1.41. The zero-order valence-corrected chi connectivity index (χ0v) is 12.9. The first-order valence-electron chi connectivity index (χ1n) is 6.59. The van der Waals surface area contributed by atoms with Crippen LogP contribution in [0, 0.1) is 0 Å². The third kappa shape index (κ3) is 10.4. The van der Waals surface area contributed by atoms with E-state index < -0.39 is 17.7 Å². The van der Waals surface area contributed by atoms with Gasteiger partial charge < -0.3 is 20.9 Å². The Morgan fingerprint density at radius 2 is 1.76 bits per heavy atom. The minimum atomic E-state index is -0.833. The Kier molecular flexibility index (Phi) is 8.08. The summed E-state index contributed by atoms with van der Waals surface area (Å²) in [5.41, 5.74) is 6.12. The van der Waals surface area contributed by atoms with Crippen molar-refractivity contribution in [3.8, 4) is 0 Å². The molecule has 0 aliphatic carbocycles. The second-order valence-corrected chi connectivity index (χ2v) is 5.36. The predicted octanol–water partition coefficient (Wildman–Crippen LogP) is 2.30. The number of alkyl carbamates (subject to hydrolysis) is 1. The Labute approximate surface area is 125 Å². The molecule has 0 saturated heterocycles. The number of hydrogen-bond donors (Lipinski definition) is 3. The van der Waals surface area contributed by atoms with E-state index in [9.17, 15) is 4.79 Å². The van der Waals surface area contributed by atoms with Gasteiger partial charge in [0, 0.05) is 13.5 Å². The Bertz CT molecular complexity index is 437. The molecule has 0 fully saturated rings. The lowest BCUT2D eigenvalue weighted by Crippen LogP contribution is -2.37. The van der Waals surface area contributed by atoms with Gasteiger partial charge in [-0.3, -0.25) is 4.79 Å². The molecular formula is C15H24N2O4. The number of carboxylic acids is 1. The van der Waals surface area contributed by atoms with Crippen molar-refractivity contribution < 1.29 is 19.4 Å². The number of rotatable bonds is 3. The molecule has 0 heterocycles. The van der Waals surface area contributed by atoms with Gasteiger partial charge in [-0.15, -0.1) is 0 Å². The molecular weight excluding hydrogens is 272 g/mol. The van der Waals surface area contributed by atoms with Crippen LogP contribution in [0.2, 0.25) is 0 Å². The summed E-state index contributed by atoms with van der Waals surface area (Å²) >= 11 is 0. The lowest BCUT2D eigenvalue weighted by molar-refractivity contribution is -0.134. The van der Waals surface area contributed by atoms with Crippen LogP contribution in [0.15, 0.2) is 30.3 Å². The van der Waals surface area contributed by atoms with Gasteiger partial charge in [-0.05, 0) is 26.3 Å². The van der Waals surface area contributed by atoms with E-state index in [-0.39, 0.29) is 6.04 Å². The molecule has 0 aromatic heterocycles. The third-order valence-electron chi connectivity index (χ3n) is 2.13. The van der Waals surface area contributed by atoms with Crippen LogP contribution in [-0.4, -0.2) is 29.3 Å². The van der Waals surface area contributed by atoms with Crippen molar-refractivity contribution in [2.75, 3.05) is 6.54 Å². The Morgan fingerprint density at radius 3 is 2.14 bits per heavy atom. The van der Waals surface area contributed by atoms with Crippen LogP contribution in [0.3, 0.4) is 0 Å². The van der Waals surface area contributed by atoms with Crippen LogP contribution in [-0.2, 0) is 9.53 Å². The van der Waals surface area contributed by atoms with E-state index >= 15 is 0 Å². The fourth-order valence-corrected chi connectivity index (χ4v) is 1.41. The van der Waals surface area contributed by atoms with Gasteiger partial charge >= 0.3 is 6.09 Å². The molecule has 6 nitrogen and oxygen atoms in total. The highest BCUT2D eigenvalue weighted by Gasteiger charge is 2.19. The summed E-state index contributed by atoms with van der Waals surface area (Å²) in [7, 11) is 0. The van der Waals surface area contributed by atoms with E-state index in [0.717, 1.165) is 12.5 Å². The van der Waals surface area contributed by atoms with Gasteiger partial charge in [0.15, 0.2) is 0 Å². The maximum atomic E-state index is 11.6. The van der Waals surface area contributed by atoms with E-state index in [2.05, 4.69) is 5.32 Å². The summed E-state index contributed by atoms with van der Waals surface area (Å²) in [4.78, 5) is 20.6. The quantitative estimate of drug-likeness (QED) is 0.794. The van der Waals surface area contributed by atoms with Crippen molar-refractivity contribution in [1.82, 2.24) is 5.32 Å². The highest BCUT2D eigenvalue weighted by atomic mass is 16.6. The molecule has 0 bridgehead atoms. The molecule has 1 atom stereocenters. The van der Waals surface area contributed by atoms with Crippen molar-refractivity contribution in [3.05, 3.63) is 35.9 Å². The molecule has 0 aliphatic heterocycles. The van der Waals surface area contributed by atoms with Crippen molar-refractivity contribution in [3.63, 3.8) is 0 Å². The second-order valence-electron chi connectivity index (χ2n) is 5.36. The average Bonchev–Trinajstić information content (AvgIpc) is 2.34. The van der Waals surface area contributed by atoms with Gasteiger partial charge in [0.2, 0.25) is 0 Å². The average molecular weight is 296 g/mol. The van der Waals surface area contributed by atoms with Crippen molar-refractivity contribution in [2.45, 2.75) is 39.3 Å². The first kappa shape index (κ1) is 18.9. The van der Waals surface area contributed by atoms with Crippen molar-refractivity contribution in [2.24, 2.45) is 5.73 Å². The van der Waals surface area contributed by atoms with E-state index in [1.807, 2.05) is 51.1 Å². The number of hydrogen-bond acceptors (Lipinski definition) is 4. The molecule has 1 aromatic rings. The van der Waals surface area contributed by atoms with Crippen molar-refractivity contribution in [1.29, 1.82) is 0 Å². The third-order valence-corrected chi connectivity index (χ3v) is 2.13. The maximum absolute atomic E-state index is 11.6. The summed E-state index contributed by atoms with van der Waals surface area (Å²) in [5, 5.41) is 10.2.